The molecule has 0 aliphatic carbocycles. The maximum absolute atomic E-state index is 11.6. The molecule has 0 spiro atoms. The van der Waals surface area contributed by atoms with Gasteiger partial charge in [-0.3, -0.25) is 4.79 Å². The third-order valence-corrected chi connectivity index (χ3v) is 2.41. The summed E-state index contributed by atoms with van der Waals surface area (Å²) in [6.07, 6.45) is 0.590. The molecule has 0 amide bonds. The van der Waals surface area contributed by atoms with Crippen molar-refractivity contribution in [3.63, 3.8) is 0 Å². The first-order chi connectivity index (χ1) is 8.54. The van der Waals surface area contributed by atoms with Gasteiger partial charge in [0.05, 0.1) is 6.10 Å². The Labute approximate surface area is 109 Å². The molecule has 0 saturated carbocycles. The van der Waals surface area contributed by atoms with Crippen molar-refractivity contribution >= 4 is 5.78 Å². The number of carbonyl (C=O) groups is 1. The first-order valence-electron chi connectivity index (χ1n) is 6.43. The van der Waals surface area contributed by atoms with Gasteiger partial charge in [-0.2, -0.15) is 0 Å². The molecule has 18 heavy (non-hydrogen) atoms. The molecule has 0 N–H and O–H groups in total. The maximum Gasteiger partial charge on any atom is 0.163 e. The van der Waals surface area contributed by atoms with Crippen LogP contribution in [0.2, 0.25) is 0 Å². The summed E-state index contributed by atoms with van der Waals surface area (Å²) < 4.78 is 11.1. The molecule has 100 valence electrons. The highest BCUT2D eigenvalue weighted by molar-refractivity contribution is 5.81. The second kappa shape index (κ2) is 7.17. The molecule has 3 heteroatoms. The van der Waals surface area contributed by atoms with E-state index in [0.29, 0.717) is 6.61 Å². The summed E-state index contributed by atoms with van der Waals surface area (Å²) in [5.74, 6) is 0.840. The third-order valence-electron chi connectivity index (χ3n) is 2.41. The minimum atomic E-state index is -0.460. The predicted molar refractivity (Wildman–Crippen MR) is 71.9 cm³/mol. The zero-order chi connectivity index (χ0) is 13.5. The molecule has 3 nitrogen and oxygen atoms in total. The SMILES string of the molecule is CCCOC(C(C)=O)c1ccc(OC(C)C)cc1. The van der Waals surface area contributed by atoms with Gasteiger partial charge >= 0.3 is 0 Å². The number of rotatable bonds is 7. The second-order valence-corrected chi connectivity index (χ2v) is 4.60. The average Bonchev–Trinajstić information content (AvgIpc) is 2.30. The lowest BCUT2D eigenvalue weighted by Crippen LogP contribution is -2.13. The summed E-state index contributed by atoms with van der Waals surface area (Å²) >= 11 is 0. The van der Waals surface area contributed by atoms with Gasteiger partial charge in [-0.1, -0.05) is 19.1 Å². The van der Waals surface area contributed by atoms with Crippen molar-refractivity contribution in [2.75, 3.05) is 6.61 Å². The van der Waals surface area contributed by atoms with E-state index >= 15 is 0 Å². The molecule has 1 rings (SSSR count). The van der Waals surface area contributed by atoms with E-state index in [2.05, 4.69) is 0 Å². The largest absolute Gasteiger partial charge is 0.491 e. The normalized spacial score (nSPS) is 12.5. The van der Waals surface area contributed by atoms with E-state index in [1.54, 1.807) is 6.92 Å². The van der Waals surface area contributed by atoms with E-state index < -0.39 is 6.10 Å². The highest BCUT2D eigenvalue weighted by Gasteiger charge is 2.16. The quantitative estimate of drug-likeness (QED) is 0.742. The lowest BCUT2D eigenvalue weighted by Gasteiger charge is -2.16. The van der Waals surface area contributed by atoms with E-state index in [-0.39, 0.29) is 11.9 Å². The second-order valence-electron chi connectivity index (χ2n) is 4.60. The van der Waals surface area contributed by atoms with Gasteiger partial charge in [-0.15, -0.1) is 0 Å². The zero-order valence-electron chi connectivity index (χ0n) is 11.6. The van der Waals surface area contributed by atoms with Crippen molar-refractivity contribution in [1.82, 2.24) is 0 Å². The minimum absolute atomic E-state index is 0.0287. The van der Waals surface area contributed by atoms with Gasteiger partial charge in [0.1, 0.15) is 11.9 Å². The Morgan fingerprint density at radius 1 is 1.22 bits per heavy atom. The van der Waals surface area contributed by atoms with Crippen LogP contribution in [0.25, 0.3) is 0 Å². The Morgan fingerprint density at radius 3 is 2.28 bits per heavy atom. The molecular formula is C15H22O3. The van der Waals surface area contributed by atoms with Gasteiger partial charge in [0.25, 0.3) is 0 Å². The summed E-state index contributed by atoms with van der Waals surface area (Å²) in [6, 6.07) is 7.53. The summed E-state index contributed by atoms with van der Waals surface area (Å²) in [6.45, 7) is 8.14. The summed E-state index contributed by atoms with van der Waals surface area (Å²) in [5, 5.41) is 0. The number of Topliss-reactive ketones (excluding diaryl/α,β-unsaturated/α-hetero) is 1. The fourth-order valence-corrected chi connectivity index (χ4v) is 1.68. The lowest BCUT2D eigenvalue weighted by atomic mass is 10.1. The van der Waals surface area contributed by atoms with Crippen molar-refractivity contribution in [3.05, 3.63) is 29.8 Å². The van der Waals surface area contributed by atoms with Crippen molar-refractivity contribution in [2.24, 2.45) is 0 Å². The topological polar surface area (TPSA) is 35.5 Å². The molecule has 1 atom stereocenters. The number of carbonyl (C=O) groups excluding carboxylic acids is 1. The van der Waals surface area contributed by atoms with E-state index in [4.69, 9.17) is 9.47 Å². The van der Waals surface area contributed by atoms with Crippen LogP contribution in [0.5, 0.6) is 5.75 Å². The van der Waals surface area contributed by atoms with Crippen LogP contribution in [0.4, 0.5) is 0 Å². The standard InChI is InChI=1S/C15H22O3/c1-5-10-17-15(12(4)16)13-6-8-14(9-7-13)18-11(2)3/h6-9,11,15H,5,10H2,1-4H3. The van der Waals surface area contributed by atoms with Crippen LogP contribution in [0, 0.1) is 0 Å². The molecule has 0 heterocycles. The summed E-state index contributed by atoms with van der Waals surface area (Å²) in [5.41, 5.74) is 0.882. The third kappa shape index (κ3) is 4.49. The Morgan fingerprint density at radius 2 is 1.83 bits per heavy atom. The van der Waals surface area contributed by atoms with Crippen LogP contribution in [-0.2, 0) is 9.53 Å². The maximum atomic E-state index is 11.6. The van der Waals surface area contributed by atoms with Crippen LogP contribution in [-0.4, -0.2) is 18.5 Å². The van der Waals surface area contributed by atoms with E-state index in [9.17, 15) is 4.79 Å². The van der Waals surface area contributed by atoms with Crippen LogP contribution in [0.1, 0.15) is 45.8 Å². The Hall–Kier alpha value is -1.35. The van der Waals surface area contributed by atoms with Gasteiger partial charge in [0.2, 0.25) is 0 Å². The summed E-state index contributed by atoms with van der Waals surface area (Å²) in [7, 11) is 0. The number of benzene rings is 1. The fourth-order valence-electron chi connectivity index (χ4n) is 1.68. The van der Waals surface area contributed by atoms with Gasteiger partial charge in [0.15, 0.2) is 5.78 Å². The molecule has 0 saturated heterocycles. The monoisotopic (exact) mass is 250 g/mol. The van der Waals surface area contributed by atoms with E-state index in [0.717, 1.165) is 17.7 Å². The van der Waals surface area contributed by atoms with Crippen LogP contribution in [0.3, 0.4) is 0 Å². The Kier molecular flexibility index (Phi) is 5.86. The van der Waals surface area contributed by atoms with Crippen LogP contribution >= 0.6 is 0 Å². The van der Waals surface area contributed by atoms with Crippen molar-refractivity contribution < 1.29 is 14.3 Å². The molecule has 0 aliphatic heterocycles. The molecule has 0 fully saturated rings. The lowest BCUT2D eigenvalue weighted by molar-refractivity contribution is -0.128. The number of hydrogen-bond acceptors (Lipinski definition) is 3. The summed E-state index contributed by atoms with van der Waals surface area (Å²) in [4.78, 5) is 11.6. The van der Waals surface area contributed by atoms with Gasteiger partial charge < -0.3 is 9.47 Å². The Balaban J connectivity index is 2.77. The van der Waals surface area contributed by atoms with E-state index in [1.165, 1.54) is 0 Å². The molecule has 1 aromatic rings. The molecule has 1 unspecified atom stereocenters. The van der Waals surface area contributed by atoms with Crippen LogP contribution in [0.15, 0.2) is 24.3 Å². The fraction of sp³-hybridized carbons (Fsp3) is 0.533. The van der Waals surface area contributed by atoms with Crippen molar-refractivity contribution in [1.29, 1.82) is 0 Å². The minimum Gasteiger partial charge on any atom is -0.491 e. The molecule has 0 bridgehead atoms. The first kappa shape index (κ1) is 14.7. The van der Waals surface area contributed by atoms with Crippen LogP contribution < -0.4 is 4.74 Å². The molecule has 0 radical (unpaired) electrons. The molecule has 0 aliphatic rings. The molecule has 1 aromatic carbocycles. The number of ether oxygens (including phenoxy) is 2. The number of ketones is 1. The van der Waals surface area contributed by atoms with Crippen molar-refractivity contribution in [3.8, 4) is 5.75 Å². The van der Waals surface area contributed by atoms with Gasteiger partial charge in [0, 0.05) is 6.61 Å². The highest BCUT2D eigenvalue weighted by atomic mass is 16.5. The van der Waals surface area contributed by atoms with Crippen molar-refractivity contribution in [2.45, 2.75) is 46.3 Å². The number of hydrogen-bond donors (Lipinski definition) is 0. The first-order valence-corrected chi connectivity index (χ1v) is 6.43. The zero-order valence-corrected chi connectivity index (χ0v) is 11.6. The molecule has 0 aromatic heterocycles. The Bertz CT molecular complexity index is 368. The van der Waals surface area contributed by atoms with Gasteiger partial charge in [-0.05, 0) is 44.9 Å². The van der Waals surface area contributed by atoms with Gasteiger partial charge in [-0.25, -0.2) is 0 Å². The van der Waals surface area contributed by atoms with E-state index in [1.807, 2.05) is 45.0 Å². The molecular weight excluding hydrogens is 228 g/mol. The average molecular weight is 250 g/mol. The smallest absolute Gasteiger partial charge is 0.163 e. The highest BCUT2D eigenvalue weighted by Crippen LogP contribution is 2.22. The predicted octanol–water partition coefficient (Wildman–Crippen LogP) is 3.53.